The molecular formula is C20H20N2O4S2. The predicted octanol–water partition coefficient (Wildman–Crippen LogP) is 3.47. The molecule has 3 rings (SSSR count). The predicted molar refractivity (Wildman–Crippen MR) is 110 cm³/mol. The summed E-state index contributed by atoms with van der Waals surface area (Å²) in [6, 6.07) is 17.9. The van der Waals surface area contributed by atoms with Crippen molar-refractivity contribution in [1.29, 1.82) is 0 Å². The summed E-state index contributed by atoms with van der Waals surface area (Å²) in [4.78, 5) is -0.283. The SMILES string of the molecule is Cc1ccc(S(=O)(=O)N(c2ccccc2N)S(=O)(=O)c2ccc(C)cc2)cc1. The molecule has 0 saturated carbocycles. The van der Waals surface area contributed by atoms with Crippen LogP contribution in [0.25, 0.3) is 0 Å². The third-order valence-electron chi connectivity index (χ3n) is 4.21. The minimum atomic E-state index is -4.44. The van der Waals surface area contributed by atoms with Crippen LogP contribution in [0.15, 0.2) is 82.6 Å². The van der Waals surface area contributed by atoms with E-state index in [4.69, 9.17) is 5.73 Å². The maximum Gasteiger partial charge on any atom is 0.277 e. The standard InChI is InChI=1S/C20H20N2O4S2/c1-15-7-11-17(12-8-15)27(23,24)22(20-6-4-3-5-19(20)21)28(25,26)18-13-9-16(2)10-14-18/h3-14H,21H2,1-2H3. The average Bonchev–Trinajstić information content (AvgIpc) is 2.64. The first kappa shape index (κ1) is 19.9. The monoisotopic (exact) mass is 416 g/mol. The summed E-state index contributed by atoms with van der Waals surface area (Å²) in [6.45, 7) is 3.62. The number of aryl methyl sites for hydroxylation is 2. The van der Waals surface area contributed by atoms with Gasteiger partial charge in [0.1, 0.15) is 0 Å². The number of sulfonamides is 2. The molecule has 28 heavy (non-hydrogen) atoms. The second-order valence-corrected chi connectivity index (χ2v) is 10.2. The number of rotatable bonds is 5. The molecule has 0 aliphatic carbocycles. The molecule has 0 radical (unpaired) electrons. The normalized spacial score (nSPS) is 11.9. The fraction of sp³-hybridized carbons (Fsp3) is 0.100. The van der Waals surface area contributed by atoms with Crippen LogP contribution in [0.1, 0.15) is 11.1 Å². The van der Waals surface area contributed by atoms with Crippen molar-refractivity contribution in [2.24, 2.45) is 0 Å². The topological polar surface area (TPSA) is 97.5 Å². The van der Waals surface area contributed by atoms with E-state index in [1.165, 1.54) is 42.5 Å². The molecule has 0 heterocycles. The van der Waals surface area contributed by atoms with Crippen molar-refractivity contribution in [3.63, 3.8) is 0 Å². The molecule has 0 saturated heterocycles. The lowest BCUT2D eigenvalue weighted by Gasteiger charge is -2.25. The van der Waals surface area contributed by atoms with E-state index in [9.17, 15) is 16.8 Å². The Balaban J connectivity index is 2.28. The van der Waals surface area contributed by atoms with Crippen LogP contribution in [0.5, 0.6) is 0 Å². The number of hydrogen-bond donors (Lipinski definition) is 1. The number of para-hydroxylation sites is 2. The first-order valence-corrected chi connectivity index (χ1v) is 11.3. The van der Waals surface area contributed by atoms with Gasteiger partial charge in [-0.2, -0.15) is 3.71 Å². The minimum Gasteiger partial charge on any atom is -0.397 e. The number of nitrogen functional groups attached to an aromatic ring is 1. The summed E-state index contributed by atoms with van der Waals surface area (Å²) in [7, 11) is -8.89. The highest BCUT2D eigenvalue weighted by molar-refractivity contribution is 8.10. The first-order chi connectivity index (χ1) is 13.1. The van der Waals surface area contributed by atoms with Crippen molar-refractivity contribution < 1.29 is 16.8 Å². The van der Waals surface area contributed by atoms with Gasteiger partial charge in [0.25, 0.3) is 20.0 Å². The zero-order valence-corrected chi connectivity index (χ0v) is 17.0. The Labute approximate surface area is 165 Å². The molecule has 3 aromatic carbocycles. The highest BCUT2D eigenvalue weighted by Gasteiger charge is 2.37. The molecule has 0 spiro atoms. The molecule has 0 aliphatic rings. The molecule has 0 aromatic heterocycles. The number of nitrogens with two attached hydrogens (primary N) is 1. The lowest BCUT2D eigenvalue weighted by molar-refractivity contribution is 0.584. The van der Waals surface area contributed by atoms with Gasteiger partial charge in [-0.1, -0.05) is 47.5 Å². The van der Waals surface area contributed by atoms with E-state index in [-0.39, 0.29) is 21.2 Å². The van der Waals surface area contributed by atoms with Crippen molar-refractivity contribution in [3.05, 3.63) is 83.9 Å². The second kappa shape index (κ2) is 7.29. The van der Waals surface area contributed by atoms with Gasteiger partial charge in [0.15, 0.2) is 0 Å². The van der Waals surface area contributed by atoms with E-state index in [1.807, 2.05) is 13.8 Å². The zero-order chi connectivity index (χ0) is 20.5. The quantitative estimate of drug-likeness (QED) is 0.642. The summed E-state index contributed by atoms with van der Waals surface area (Å²) in [5.41, 5.74) is 7.57. The van der Waals surface area contributed by atoms with Crippen molar-refractivity contribution in [2.45, 2.75) is 23.6 Å². The van der Waals surface area contributed by atoms with Crippen LogP contribution in [0.4, 0.5) is 11.4 Å². The summed E-state index contributed by atoms with van der Waals surface area (Å²) < 4.78 is 53.9. The molecule has 6 nitrogen and oxygen atoms in total. The highest BCUT2D eigenvalue weighted by atomic mass is 32.3. The van der Waals surface area contributed by atoms with E-state index < -0.39 is 20.0 Å². The highest BCUT2D eigenvalue weighted by Crippen LogP contribution is 2.34. The van der Waals surface area contributed by atoms with Crippen LogP contribution >= 0.6 is 0 Å². The van der Waals surface area contributed by atoms with Crippen molar-refractivity contribution in [1.82, 2.24) is 0 Å². The Morgan fingerprint density at radius 1 is 0.643 bits per heavy atom. The molecule has 0 fully saturated rings. The van der Waals surface area contributed by atoms with Crippen LogP contribution < -0.4 is 9.44 Å². The minimum absolute atomic E-state index is 0.0360. The Kier molecular flexibility index (Phi) is 5.18. The van der Waals surface area contributed by atoms with Gasteiger partial charge in [0.05, 0.1) is 21.2 Å². The molecule has 0 atom stereocenters. The van der Waals surface area contributed by atoms with Gasteiger partial charge in [0.2, 0.25) is 0 Å². The lowest BCUT2D eigenvalue weighted by Crippen LogP contribution is -2.37. The largest absolute Gasteiger partial charge is 0.397 e. The number of anilines is 2. The second-order valence-electron chi connectivity index (χ2n) is 6.39. The van der Waals surface area contributed by atoms with Gasteiger partial charge in [-0.3, -0.25) is 0 Å². The zero-order valence-electron chi connectivity index (χ0n) is 15.4. The van der Waals surface area contributed by atoms with Gasteiger partial charge in [0, 0.05) is 0 Å². The van der Waals surface area contributed by atoms with E-state index in [2.05, 4.69) is 0 Å². The van der Waals surface area contributed by atoms with Gasteiger partial charge in [-0.25, -0.2) is 16.8 Å². The molecule has 8 heteroatoms. The van der Waals surface area contributed by atoms with E-state index in [0.29, 0.717) is 3.71 Å². The Bertz CT molecular complexity index is 1130. The number of nitrogens with zero attached hydrogens (tertiary/aromatic N) is 1. The van der Waals surface area contributed by atoms with E-state index >= 15 is 0 Å². The van der Waals surface area contributed by atoms with Gasteiger partial charge in [-0.15, -0.1) is 0 Å². The van der Waals surface area contributed by atoms with Crippen LogP contribution in [0, 0.1) is 13.8 Å². The first-order valence-electron chi connectivity index (χ1n) is 8.42. The van der Waals surface area contributed by atoms with Crippen molar-refractivity contribution in [2.75, 3.05) is 9.44 Å². The molecule has 0 aliphatic heterocycles. The Hall–Kier alpha value is -2.84. The molecule has 3 aromatic rings. The fourth-order valence-corrected chi connectivity index (χ4v) is 6.40. The average molecular weight is 417 g/mol. The molecule has 0 unspecified atom stereocenters. The fourth-order valence-electron chi connectivity index (χ4n) is 2.65. The molecule has 0 amide bonds. The number of benzene rings is 3. The van der Waals surface area contributed by atoms with E-state index in [0.717, 1.165) is 11.1 Å². The van der Waals surface area contributed by atoms with E-state index in [1.54, 1.807) is 30.3 Å². The van der Waals surface area contributed by atoms with Crippen molar-refractivity contribution in [3.8, 4) is 0 Å². The molecule has 0 bridgehead atoms. The molecular weight excluding hydrogens is 396 g/mol. The maximum atomic E-state index is 13.4. The third-order valence-corrected chi connectivity index (χ3v) is 8.39. The number of hydrogen-bond acceptors (Lipinski definition) is 5. The van der Waals surface area contributed by atoms with Crippen LogP contribution in [-0.2, 0) is 20.0 Å². The van der Waals surface area contributed by atoms with Gasteiger partial charge >= 0.3 is 0 Å². The van der Waals surface area contributed by atoms with Gasteiger partial charge < -0.3 is 5.73 Å². The Morgan fingerprint density at radius 2 is 1.04 bits per heavy atom. The van der Waals surface area contributed by atoms with Crippen LogP contribution in [0.2, 0.25) is 0 Å². The summed E-state index contributed by atoms with van der Waals surface area (Å²) in [5, 5.41) is 0. The van der Waals surface area contributed by atoms with Crippen molar-refractivity contribution >= 4 is 31.4 Å². The van der Waals surface area contributed by atoms with Crippen LogP contribution in [-0.4, -0.2) is 16.8 Å². The lowest BCUT2D eigenvalue weighted by atomic mass is 10.2. The summed E-state index contributed by atoms with van der Waals surface area (Å²) >= 11 is 0. The Morgan fingerprint density at radius 3 is 1.43 bits per heavy atom. The summed E-state index contributed by atoms with van der Waals surface area (Å²) in [6.07, 6.45) is 0. The maximum absolute atomic E-state index is 13.4. The third kappa shape index (κ3) is 3.61. The van der Waals surface area contributed by atoms with Crippen LogP contribution in [0.3, 0.4) is 0 Å². The summed E-state index contributed by atoms with van der Waals surface area (Å²) in [5.74, 6) is 0. The molecule has 2 N–H and O–H groups in total. The van der Waals surface area contributed by atoms with Gasteiger partial charge in [-0.05, 0) is 50.2 Å². The smallest absolute Gasteiger partial charge is 0.277 e. The molecule has 146 valence electrons.